The van der Waals surface area contributed by atoms with Gasteiger partial charge in [-0.25, -0.2) is 4.21 Å². The van der Waals surface area contributed by atoms with Gasteiger partial charge in [0, 0.05) is 24.0 Å². The lowest BCUT2D eigenvalue weighted by molar-refractivity contribution is 0.349. The van der Waals surface area contributed by atoms with Crippen molar-refractivity contribution in [3.63, 3.8) is 0 Å². The summed E-state index contributed by atoms with van der Waals surface area (Å²) >= 11 is 4.48. The van der Waals surface area contributed by atoms with Gasteiger partial charge in [0.2, 0.25) is 0 Å². The molecule has 0 amide bonds. The van der Waals surface area contributed by atoms with Crippen LogP contribution in [-0.4, -0.2) is 30.7 Å². The molecular formula is C4H11NO2S2. The zero-order valence-electron chi connectivity index (χ0n) is 5.55. The molecule has 0 aromatic carbocycles. The monoisotopic (exact) mass is 169 g/mol. The van der Waals surface area contributed by atoms with Crippen molar-refractivity contribution >= 4 is 20.0 Å². The van der Waals surface area contributed by atoms with Crippen molar-refractivity contribution in [2.75, 3.05) is 26.5 Å². The van der Waals surface area contributed by atoms with Gasteiger partial charge in [0.05, 0.1) is 6.61 Å². The van der Waals surface area contributed by atoms with Crippen LogP contribution in [0.2, 0.25) is 0 Å². The Morgan fingerprint density at radius 2 is 2.33 bits per heavy atom. The first-order chi connectivity index (χ1) is 4.06. The first-order valence-corrected chi connectivity index (χ1v) is 5.37. The fourth-order valence-electron chi connectivity index (χ4n) is 0.295. The van der Waals surface area contributed by atoms with E-state index in [1.54, 1.807) is 7.05 Å². The fourth-order valence-corrected chi connectivity index (χ4v) is 0.885. The van der Waals surface area contributed by atoms with Gasteiger partial charge in [0.15, 0.2) is 0 Å². The van der Waals surface area contributed by atoms with Crippen LogP contribution in [0.3, 0.4) is 0 Å². The van der Waals surface area contributed by atoms with Gasteiger partial charge in [0.1, 0.15) is 8.77 Å². The lowest BCUT2D eigenvalue weighted by Crippen LogP contribution is -2.16. The van der Waals surface area contributed by atoms with Gasteiger partial charge in [0.25, 0.3) is 0 Å². The Hall–Kier alpha value is 0.290. The predicted molar refractivity (Wildman–Crippen MR) is 41.3 cm³/mol. The molecule has 0 saturated carbocycles. The topological polar surface area (TPSA) is 38.3 Å². The summed E-state index contributed by atoms with van der Waals surface area (Å²) in [5, 5.41) is 2.84. The van der Waals surface area contributed by atoms with E-state index in [9.17, 15) is 4.21 Å². The molecular weight excluding hydrogens is 158 g/mol. The number of nitrogens with one attached hydrogen (secondary N) is 1. The van der Waals surface area contributed by atoms with Crippen LogP contribution in [0.25, 0.3) is 0 Å². The van der Waals surface area contributed by atoms with Crippen molar-refractivity contribution < 1.29 is 8.39 Å². The molecule has 5 heteroatoms. The molecule has 0 fully saturated rings. The third-order valence-electron chi connectivity index (χ3n) is 0.649. The molecule has 0 radical (unpaired) electrons. The Balaban J connectivity index is 3.30. The number of likely N-dealkylation sites (N-methyl/N-ethyl adjacent to an activating group) is 1. The molecule has 0 rings (SSSR count). The molecule has 0 bridgehead atoms. The molecule has 56 valence electrons. The first kappa shape index (κ1) is 9.29. The second-order valence-electron chi connectivity index (χ2n) is 1.63. The molecule has 1 atom stereocenters. The van der Waals surface area contributed by atoms with Crippen LogP contribution in [-0.2, 0) is 24.1 Å². The van der Waals surface area contributed by atoms with Crippen molar-refractivity contribution in [2.24, 2.45) is 0 Å². The van der Waals surface area contributed by atoms with E-state index < -0.39 is 8.77 Å². The average molecular weight is 169 g/mol. The Kier molecular flexibility index (Phi) is 4.29. The summed E-state index contributed by atoms with van der Waals surface area (Å²) in [7, 11) is -0.607. The van der Waals surface area contributed by atoms with E-state index in [0.29, 0.717) is 13.2 Å². The standard InChI is InChI=1S/C4H11NO2S2/c1-5-3-4-7-9(2,6)8/h5H,3-4H2,1-2H3. The maximum Gasteiger partial charge on any atom is 0.141 e. The van der Waals surface area contributed by atoms with Gasteiger partial charge >= 0.3 is 0 Å². The molecule has 1 N–H and O–H groups in total. The van der Waals surface area contributed by atoms with E-state index >= 15 is 0 Å². The van der Waals surface area contributed by atoms with Gasteiger partial charge in [-0.1, -0.05) is 0 Å². The van der Waals surface area contributed by atoms with Crippen LogP contribution in [0.4, 0.5) is 0 Å². The van der Waals surface area contributed by atoms with Gasteiger partial charge in [-0.15, -0.1) is 0 Å². The van der Waals surface area contributed by atoms with Gasteiger partial charge in [-0.3, -0.25) is 4.18 Å². The molecule has 0 aliphatic rings. The summed E-state index contributed by atoms with van der Waals surface area (Å²) in [4.78, 5) is 0. The molecule has 0 aliphatic heterocycles. The summed E-state index contributed by atoms with van der Waals surface area (Å²) in [6.07, 6.45) is 1.40. The third kappa shape index (κ3) is 8.29. The summed E-state index contributed by atoms with van der Waals surface area (Å²) < 4.78 is 15.4. The highest BCUT2D eigenvalue weighted by atomic mass is 32.8. The van der Waals surface area contributed by atoms with Gasteiger partial charge < -0.3 is 5.32 Å². The number of rotatable bonds is 4. The van der Waals surface area contributed by atoms with Crippen molar-refractivity contribution in [3.05, 3.63) is 0 Å². The zero-order valence-corrected chi connectivity index (χ0v) is 7.18. The molecule has 0 saturated heterocycles. The second kappa shape index (κ2) is 4.16. The van der Waals surface area contributed by atoms with E-state index in [1.807, 2.05) is 0 Å². The summed E-state index contributed by atoms with van der Waals surface area (Å²) in [5.74, 6) is 0. The molecule has 9 heavy (non-hydrogen) atoms. The molecule has 0 heterocycles. The second-order valence-corrected chi connectivity index (χ2v) is 5.09. The fraction of sp³-hybridized carbons (Fsp3) is 1.00. The highest BCUT2D eigenvalue weighted by molar-refractivity contribution is 8.29. The quantitative estimate of drug-likeness (QED) is 0.577. The zero-order chi connectivity index (χ0) is 7.33. The maximum atomic E-state index is 10.6. The smallest absolute Gasteiger partial charge is 0.141 e. The van der Waals surface area contributed by atoms with Gasteiger partial charge in [-0.05, 0) is 7.05 Å². The van der Waals surface area contributed by atoms with Crippen LogP contribution >= 0.6 is 0 Å². The Bertz CT molecular complexity index is 152. The van der Waals surface area contributed by atoms with Crippen LogP contribution in [0.5, 0.6) is 0 Å². The number of hydrogen-bond donors (Lipinski definition) is 1. The molecule has 0 spiro atoms. The molecule has 0 aromatic rings. The van der Waals surface area contributed by atoms with Crippen LogP contribution in [0, 0.1) is 0 Å². The van der Waals surface area contributed by atoms with Crippen LogP contribution < -0.4 is 5.32 Å². The highest BCUT2D eigenvalue weighted by Gasteiger charge is 1.93. The van der Waals surface area contributed by atoms with Crippen LogP contribution in [0.1, 0.15) is 0 Å². The van der Waals surface area contributed by atoms with Crippen molar-refractivity contribution in [2.45, 2.75) is 0 Å². The first-order valence-electron chi connectivity index (χ1n) is 2.55. The highest BCUT2D eigenvalue weighted by Crippen LogP contribution is 1.84. The lowest BCUT2D eigenvalue weighted by Gasteiger charge is -2.00. The summed E-state index contributed by atoms with van der Waals surface area (Å²) in [5.41, 5.74) is 0. The van der Waals surface area contributed by atoms with E-state index in [2.05, 4.69) is 16.5 Å². The summed E-state index contributed by atoms with van der Waals surface area (Å²) in [6.45, 7) is 1.09. The van der Waals surface area contributed by atoms with Gasteiger partial charge in [-0.2, -0.15) is 0 Å². The summed E-state index contributed by atoms with van der Waals surface area (Å²) in [6, 6.07) is 0. The predicted octanol–water partition coefficient (Wildman–Crippen LogP) is -0.487. The minimum atomic E-state index is -2.40. The minimum Gasteiger partial charge on any atom is -0.317 e. The molecule has 0 aliphatic carbocycles. The van der Waals surface area contributed by atoms with E-state index in [1.165, 1.54) is 6.26 Å². The molecule has 1 unspecified atom stereocenters. The van der Waals surface area contributed by atoms with E-state index in [-0.39, 0.29) is 0 Å². The molecule has 0 aromatic heterocycles. The normalized spacial score (nSPS) is 17.1. The SMILES string of the molecule is CNCCOS(C)(=O)=S. The maximum absolute atomic E-state index is 10.6. The Morgan fingerprint density at radius 3 is 2.67 bits per heavy atom. The Morgan fingerprint density at radius 1 is 1.78 bits per heavy atom. The molecule has 3 nitrogen and oxygen atoms in total. The van der Waals surface area contributed by atoms with E-state index in [0.717, 1.165) is 0 Å². The van der Waals surface area contributed by atoms with E-state index in [4.69, 9.17) is 4.18 Å². The number of hydrogen-bond acceptors (Lipinski definition) is 4. The van der Waals surface area contributed by atoms with Crippen molar-refractivity contribution in [1.29, 1.82) is 0 Å². The van der Waals surface area contributed by atoms with Crippen LogP contribution in [0.15, 0.2) is 0 Å². The van der Waals surface area contributed by atoms with Crippen molar-refractivity contribution in [3.8, 4) is 0 Å². The van der Waals surface area contributed by atoms with Crippen molar-refractivity contribution in [1.82, 2.24) is 5.32 Å². The Labute approximate surface area is 60.7 Å². The largest absolute Gasteiger partial charge is 0.317 e. The average Bonchev–Trinajstić information content (AvgIpc) is 1.63. The lowest BCUT2D eigenvalue weighted by atomic mass is 10.7. The minimum absolute atomic E-state index is 0.412. The third-order valence-corrected chi connectivity index (χ3v) is 1.53.